The standard InChI is InChI=1S/C46H46OS3/c1-4-6-8-10-23-46(24-11-9-7-5-2)39-26-32(42-21-20-41(49-42)31-12-16-36(47-3)17-13-31)14-18-37(39)38-19-15-33(27-40(38)46)44-30-35-29-43-34(22-25-48-43)28-45(35)50-44/h12-22,25-30H,4-11,23-24H2,1-3H3. The third kappa shape index (κ3) is 6.25. The Balaban J connectivity index is 1.22. The van der Waals surface area contributed by atoms with E-state index in [-0.39, 0.29) is 5.41 Å². The Hall–Kier alpha value is -3.70. The van der Waals surface area contributed by atoms with Crippen LogP contribution in [0.15, 0.2) is 102 Å². The van der Waals surface area contributed by atoms with Crippen LogP contribution in [0.25, 0.3) is 62.6 Å². The largest absolute Gasteiger partial charge is 0.497 e. The smallest absolute Gasteiger partial charge is 0.118 e. The Morgan fingerprint density at radius 3 is 1.76 bits per heavy atom. The minimum absolute atomic E-state index is 0.0353. The van der Waals surface area contributed by atoms with Crippen LogP contribution in [0, 0.1) is 0 Å². The van der Waals surface area contributed by atoms with Gasteiger partial charge in [-0.15, -0.1) is 34.0 Å². The number of methoxy groups -OCH3 is 1. The fourth-order valence-corrected chi connectivity index (χ4v) is 11.1. The zero-order valence-corrected chi connectivity index (χ0v) is 32.0. The van der Waals surface area contributed by atoms with Crippen molar-refractivity contribution < 1.29 is 4.74 Å². The topological polar surface area (TPSA) is 9.23 Å². The van der Waals surface area contributed by atoms with Crippen LogP contribution in [-0.4, -0.2) is 7.11 Å². The van der Waals surface area contributed by atoms with Gasteiger partial charge in [-0.1, -0.05) is 89.5 Å². The van der Waals surface area contributed by atoms with Gasteiger partial charge in [0.05, 0.1) is 7.11 Å². The lowest BCUT2D eigenvalue weighted by atomic mass is 9.70. The zero-order valence-electron chi connectivity index (χ0n) is 29.5. The SMILES string of the molecule is CCCCCCC1(CCCCCC)c2cc(-c3ccc(-c4ccc(OC)cc4)s3)ccc2-c2ccc(-c3cc4cc5sccc5cc4s3)cc21. The van der Waals surface area contributed by atoms with Crippen molar-refractivity contribution in [1.29, 1.82) is 0 Å². The first-order chi connectivity index (χ1) is 24.6. The molecular formula is C46H46OS3. The molecule has 3 aromatic heterocycles. The molecular weight excluding hydrogens is 665 g/mol. The number of ether oxygens (including phenoxy) is 1. The minimum atomic E-state index is 0.0353. The molecule has 0 N–H and O–H groups in total. The van der Waals surface area contributed by atoms with Crippen molar-refractivity contribution in [3.05, 3.63) is 114 Å². The molecule has 0 atom stereocenters. The lowest BCUT2D eigenvalue weighted by Gasteiger charge is -2.33. The van der Waals surface area contributed by atoms with Gasteiger partial charge >= 0.3 is 0 Å². The van der Waals surface area contributed by atoms with Crippen LogP contribution in [0.2, 0.25) is 0 Å². The molecule has 0 bridgehead atoms. The third-order valence-electron chi connectivity index (χ3n) is 10.9. The van der Waals surface area contributed by atoms with Crippen molar-refractivity contribution in [2.45, 2.75) is 83.5 Å². The van der Waals surface area contributed by atoms with E-state index in [0.717, 1.165) is 5.75 Å². The molecule has 7 aromatic rings. The summed E-state index contributed by atoms with van der Waals surface area (Å²) in [7, 11) is 1.73. The van der Waals surface area contributed by atoms with E-state index < -0.39 is 0 Å². The van der Waals surface area contributed by atoms with Crippen molar-refractivity contribution in [3.8, 4) is 48.2 Å². The highest BCUT2D eigenvalue weighted by Crippen LogP contribution is 2.56. The Bertz CT molecular complexity index is 2190. The van der Waals surface area contributed by atoms with Crippen molar-refractivity contribution in [2.24, 2.45) is 0 Å². The van der Waals surface area contributed by atoms with Crippen LogP contribution in [0.3, 0.4) is 0 Å². The molecule has 0 amide bonds. The molecule has 0 saturated heterocycles. The highest BCUT2D eigenvalue weighted by Gasteiger charge is 2.42. The summed E-state index contributed by atoms with van der Waals surface area (Å²) in [6.07, 6.45) is 12.8. The maximum atomic E-state index is 5.41. The van der Waals surface area contributed by atoms with Gasteiger partial charge in [0.1, 0.15) is 5.75 Å². The molecule has 0 unspecified atom stereocenters. The number of unbranched alkanes of at least 4 members (excludes halogenated alkanes) is 6. The first-order valence-corrected chi connectivity index (χ1v) is 21.1. The molecule has 4 aromatic carbocycles. The van der Waals surface area contributed by atoms with E-state index in [1.165, 1.54) is 127 Å². The summed E-state index contributed by atoms with van der Waals surface area (Å²) in [6.45, 7) is 4.66. The predicted octanol–water partition coefficient (Wildman–Crippen LogP) is 15.4. The summed E-state index contributed by atoms with van der Waals surface area (Å²) < 4.78 is 8.17. The number of hydrogen-bond acceptors (Lipinski definition) is 4. The van der Waals surface area contributed by atoms with E-state index in [2.05, 4.69) is 116 Å². The van der Waals surface area contributed by atoms with Gasteiger partial charge in [-0.3, -0.25) is 0 Å². The molecule has 0 aliphatic heterocycles. The molecule has 1 aliphatic rings. The first kappa shape index (κ1) is 33.4. The van der Waals surface area contributed by atoms with Gasteiger partial charge in [-0.2, -0.15) is 0 Å². The average molecular weight is 711 g/mol. The predicted molar refractivity (Wildman–Crippen MR) is 222 cm³/mol. The Labute approximate surface area is 309 Å². The molecule has 4 heteroatoms. The maximum absolute atomic E-state index is 5.41. The molecule has 1 nitrogen and oxygen atoms in total. The maximum Gasteiger partial charge on any atom is 0.118 e. The number of rotatable bonds is 14. The van der Waals surface area contributed by atoms with Crippen LogP contribution in [0.5, 0.6) is 5.75 Å². The van der Waals surface area contributed by atoms with Gasteiger partial charge in [0.25, 0.3) is 0 Å². The lowest BCUT2D eigenvalue weighted by molar-refractivity contribution is 0.401. The summed E-state index contributed by atoms with van der Waals surface area (Å²) in [6, 6.07) is 37.4. The quantitative estimate of drug-likeness (QED) is 0.102. The monoisotopic (exact) mass is 710 g/mol. The van der Waals surface area contributed by atoms with Gasteiger partial charge in [0.2, 0.25) is 0 Å². The first-order valence-electron chi connectivity index (χ1n) is 18.6. The van der Waals surface area contributed by atoms with Gasteiger partial charge in [-0.05, 0) is 141 Å². The fourth-order valence-electron chi connectivity index (χ4n) is 8.21. The summed E-state index contributed by atoms with van der Waals surface area (Å²) in [5.41, 5.74) is 10.0. The van der Waals surface area contributed by atoms with E-state index in [0.29, 0.717) is 0 Å². The highest BCUT2D eigenvalue weighted by atomic mass is 32.1. The van der Waals surface area contributed by atoms with Crippen LogP contribution in [0.4, 0.5) is 0 Å². The fraction of sp³-hybridized carbons (Fsp3) is 0.304. The molecule has 0 fully saturated rings. The molecule has 0 spiro atoms. The molecule has 1 aliphatic carbocycles. The summed E-state index contributed by atoms with van der Waals surface area (Å²) in [5, 5.41) is 4.93. The number of fused-ring (bicyclic) bond motifs is 5. The minimum Gasteiger partial charge on any atom is -0.497 e. The Morgan fingerprint density at radius 2 is 1.12 bits per heavy atom. The summed E-state index contributed by atoms with van der Waals surface area (Å²) >= 11 is 5.68. The van der Waals surface area contributed by atoms with E-state index in [9.17, 15) is 0 Å². The lowest BCUT2D eigenvalue weighted by Crippen LogP contribution is -2.25. The molecule has 0 radical (unpaired) electrons. The third-order valence-corrected chi connectivity index (χ3v) is 14.1. The van der Waals surface area contributed by atoms with Crippen LogP contribution in [-0.2, 0) is 5.41 Å². The average Bonchev–Trinajstić information content (AvgIpc) is 3.96. The van der Waals surface area contributed by atoms with Crippen molar-refractivity contribution in [1.82, 2.24) is 0 Å². The zero-order chi connectivity index (χ0) is 34.1. The normalized spacial score (nSPS) is 13.3. The number of hydrogen-bond donors (Lipinski definition) is 0. The summed E-state index contributed by atoms with van der Waals surface area (Å²) in [4.78, 5) is 4.02. The van der Waals surface area contributed by atoms with Gasteiger partial charge < -0.3 is 4.74 Å². The molecule has 254 valence electrons. The number of thiophene rings is 3. The molecule has 50 heavy (non-hydrogen) atoms. The van der Waals surface area contributed by atoms with Crippen LogP contribution < -0.4 is 4.74 Å². The molecule has 0 saturated carbocycles. The highest BCUT2D eigenvalue weighted by molar-refractivity contribution is 7.22. The van der Waals surface area contributed by atoms with E-state index >= 15 is 0 Å². The Kier molecular flexibility index (Phi) is 9.70. The van der Waals surface area contributed by atoms with E-state index in [1.807, 2.05) is 34.0 Å². The van der Waals surface area contributed by atoms with E-state index in [1.54, 1.807) is 18.2 Å². The van der Waals surface area contributed by atoms with Gasteiger partial charge in [-0.25, -0.2) is 0 Å². The van der Waals surface area contributed by atoms with Crippen molar-refractivity contribution in [3.63, 3.8) is 0 Å². The van der Waals surface area contributed by atoms with Gasteiger partial charge in [0, 0.05) is 29.4 Å². The Morgan fingerprint density at radius 1 is 0.520 bits per heavy atom. The van der Waals surface area contributed by atoms with Crippen molar-refractivity contribution in [2.75, 3.05) is 7.11 Å². The molecule has 8 rings (SSSR count). The van der Waals surface area contributed by atoms with Crippen molar-refractivity contribution >= 4 is 54.2 Å². The summed E-state index contributed by atoms with van der Waals surface area (Å²) in [5.74, 6) is 0.897. The molecule has 3 heterocycles. The van der Waals surface area contributed by atoms with E-state index in [4.69, 9.17) is 4.74 Å². The number of benzene rings is 4. The van der Waals surface area contributed by atoms with Crippen LogP contribution >= 0.6 is 34.0 Å². The second-order valence-electron chi connectivity index (χ2n) is 14.1. The van der Waals surface area contributed by atoms with Gasteiger partial charge in [0.15, 0.2) is 0 Å². The second kappa shape index (κ2) is 14.5. The van der Waals surface area contributed by atoms with Crippen LogP contribution in [0.1, 0.15) is 89.2 Å². The second-order valence-corrected chi connectivity index (χ2v) is 17.2.